The van der Waals surface area contributed by atoms with E-state index >= 15 is 0 Å². The van der Waals surface area contributed by atoms with Gasteiger partial charge in [-0.25, -0.2) is 4.68 Å². The van der Waals surface area contributed by atoms with Gasteiger partial charge in [0.15, 0.2) is 0 Å². The summed E-state index contributed by atoms with van der Waals surface area (Å²) in [5, 5.41) is 4.73. The lowest BCUT2D eigenvalue weighted by atomic mass is 10.1. The summed E-state index contributed by atoms with van der Waals surface area (Å²) in [6.07, 6.45) is 1.44. The van der Waals surface area contributed by atoms with Crippen molar-refractivity contribution in [3.05, 3.63) is 47.3 Å². The molecule has 0 spiro atoms. The van der Waals surface area contributed by atoms with Crippen LogP contribution < -0.4 is 0 Å². The number of carbonyl (C=O) groups excluding carboxylic acids is 2. The molecule has 1 saturated heterocycles. The minimum absolute atomic E-state index is 0.0316. The summed E-state index contributed by atoms with van der Waals surface area (Å²) >= 11 is 0. The number of hydrogen-bond acceptors (Lipinski definition) is 3. The van der Waals surface area contributed by atoms with Gasteiger partial charge >= 0.3 is 0 Å². The molecule has 1 fully saturated rings. The molecule has 0 atom stereocenters. The minimum Gasteiger partial charge on any atom is -0.339 e. The smallest absolute Gasteiger partial charge is 0.257 e. The maximum atomic E-state index is 13.2. The van der Waals surface area contributed by atoms with E-state index in [1.165, 1.54) is 0 Å². The molecule has 0 saturated carbocycles. The zero-order valence-electron chi connectivity index (χ0n) is 15.7. The molecule has 0 N–H and O–H groups in total. The van der Waals surface area contributed by atoms with Crippen LogP contribution in [-0.2, 0) is 17.6 Å². The summed E-state index contributed by atoms with van der Waals surface area (Å²) in [4.78, 5) is 28.4. The van der Waals surface area contributed by atoms with Crippen LogP contribution in [0.4, 0.5) is 0 Å². The molecule has 1 aromatic heterocycles. The third-order valence-corrected chi connectivity index (χ3v) is 4.95. The molecule has 0 aliphatic carbocycles. The Kier molecular flexibility index (Phi) is 5.40. The first-order valence-electron chi connectivity index (χ1n) is 9.27. The highest BCUT2D eigenvalue weighted by Gasteiger charge is 2.29. The summed E-state index contributed by atoms with van der Waals surface area (Å²) in [6.45, 7) is 7.99. The highest BCUT2D eigenvalue weighted by atomic mass is 16.2. The number of para-hydroxylation sites is 1. The number of nitrogens with zero attached hydrogens (tertiary/aromatic N) is 4. The quantitative estimate of drug-likeness (QED) is 0.846. The predicted molar refractivity (Wildman–Crippen MR) is 100 cm³/mol. The fourth-order valence-corrected chi connectivity index (χ4v) is 3.49. The molecule has 1 aliphatic rings. The van der Waals surface area contributed by atoms with E-state index in [0.29, 0.717) is 32.6 Å². The van der Waals surface area contributed by atoms with Gasteiger partial charge < -0.3 is 9.80 Å². The van der Waals surface area contributed by atoms with Crippen molar-refractivity contribution in [3.8, 4) is 5.69 Å². The molecule has 1 aliphatic heterocycles. The Bertz CT molecular complexity index is 790. The number of rotatable bonds is 4. The summed E-state index contributed by atoms with van der Waals surface area (Å²) in [5.74, 6) is 0.0987. The zero-order valence-corrected chi connectivity index (χ0v) is 15.7. The molecule has 138 valence electrons. The molecular weight excluding hydrogens is 328 g/mol. The average molecular weight is 354 g/mol. The van der Waals surface area contributed by atoms with Gasteiger partial charge in [-0.1, -0.05) is 32.0 Å². The van der Waals surface area contributed by atoms with E-state index < -0.39 is 0 Å². The lowest BCUT2D eigenvalue weighted by Crippen LogP contribution is -2.50. The SMILES string of the molecule is CCc1nn(-c2ccccc2)c(CC)c1C(=O)N1CCN(C(C)=O)CC1. The molecule has 2 amide bonds. The second kappa shape index (κ2) is 7.72. The largest absolute Gasteiger partial charge is 0.339 e. The van der Waals surface area contributed by atoms with Gasteiger partial charge in [0.25, 0.3) is 5.91 Å². The van der Waals surface area contributed by atoms with Crippen LogP contribution in [0.1, 0.15) is 42.5 Å². The van der Waals surface area contributed by atoms with Crippen molar-refractivity contribution < 1.29 is 9.59 Å². The van der Waals surface area contributed by atoms with Gasteiger partial charge in [0.1, 0.15) is 0 Å². The molecule has 26 heavy (non-hydrogen) atoms. The van der Waals surface area contributed by atoms with Crippen LogP contribution in [0.15, 0.2) is 30.3 Å². The molecule has 2 aromatic rings. The first kappa shape index (κ1) is 18.2. The van der Waals surface area contributed by atoms with Gasteiger partial charge in [-0.2, -0.15) is 5.10 Å². The van der Waals surface area contributed by atoms with Gasteiger partial charge in [0.05, 0.1) is 22.6 Å². The second-order valence-electron chi connectivity index (χ2n) is 6.52. The van der Waals surface area contributed by atoms with Crippen LogP contribution in [0.25, 0.3) is 5.69 Å². The minimum atomic E-state index is 0.0316. The number of aryl methyl sites for hydroxylation is 1. The third kappa shape index (κ3) is 3.36. The molecule has 6 heteroatoms. The van der Waals surface area contributed by atoms with E-state index in [2.05, 4.69) is 6.92 Å². The van der Waals surface area contributed by atoms with Crippen LogP contribution in [0.5, 0.6) is 0 Å². The lowest BCUT2D eigenvalue weighted by molar-refractivity contribution is -0.130. The predicted octanol–water partition coefficient (Wildman–Crippen LogP) is 2.30. The van der Waals surface area contributed by atoms with Crippen LogP contribution in [0, 0.1) is 0 Å². The monoisotopic (exact) mass is 354 g/mol. The number of aromatic nitrogens is 2. The second-order valence-corrected chi connectivity index (χ2v) is 6.52. The van der Waals surface area contributed by atoms with E-state index in [-0.39, 0.29) is 11.8 Å². The zero-order chi connectivity index (χ0) is 18.7. The summed E-state index contributed by atoms with van der Waals surface area (Å²) in [6, 6.07) is 9.94. The molecule has 1 aromatic carbocycles. The van der Waals surface area contributed by atoms with Crippen molar-refractivity contribution in [2.45, 2.75) is 33.6 Å². The standard InChI is InChI=1S/C20H26N4O2/c1-4-17-19(20(26)23-13-11-22(12-14-23)15(3)25)18(5-2)24(21-17)16-9-7-6-8-10-16/h6-10H,4-5,11-14H2,1-3H3. The Labute approximate surface area is 154 Å². The van der Waals surface area contributed by atoms with E-state index in [4.69, 9.17) is 5.10 Å². The van der Waals surface area contributed by atoms with Gasteiger partial charge in [-0.15, -0.1) is 0 Å². The Morgan fingerprint density at radius 2 is 1.58 bits per heavy atom. The number of hydrogen-bond donors (Lipinski definition) is 0. The summed E-state index contributed by atoms with van der Waals surface area (Å²) in [7, 11) is 0. The van der Waals surface area contributed by atoms with E-state index in [0.717, 1.165) is 29.1 Å². The number of amides is 2. The van der Waals surface area contributed by atoms with Gasteiger partial charge in [0, 0.05) is 33.1 Å². The van der Waals surface area contributed by atoms with Crippen molar-refractivity contribution >= 4 is 11.8 Å². The van der Waals surface area contributed by atoms with Crippen molar-refractivity contribution in [1.82, 2.24) is 19.6 Å². The van der Waals surface area contributed by atoms with E-state index in [1.54, 1.807) is 11.8 Å². The van der Waals surface area contributed by atoms with Crippen LogP contribution >= 0.6 is 0 Å². The summed E-state index contributed by atoms with van der Waals surface area (Å²) < 4.78 is 1.90. The van der Waals surface area contributed by atoms with E-state index in [1.807, 2.05) is 46.8 Å². The van der Waals surface area contributed by atoms with Crippen molar-refractivity contribution in [1.29, 1.82) is 0 Å². The van der Waals surface area contributed by atoms with Crippen molar-refractivity contribution in [3.63, 3.8) is 0 Å². The molecule has 0 radical (unpaired) electrons. The first-order chi connectivity index (χ1) is 12.6. The molecule has 2 heterocycles. The number of carbonyl (C=O) groups is 2. The van der Waals surface area contributed by atoms with Crippen LogP contribution in [-0.4, -0.2) is 57.6 Å². The average Bonchev–Trinajstić information content (AvgIpc) is 3.06. The van der Waals surface area contributed by atoms with Gasteiger partial charge in [0.2, 0.25) is 5.91 Å². The first-order valence-corrected chi connectivity index (χ1v) is 9.27. The lowest BCUT2D eigenvalue weighted by Gasteiger charge is -2.34. The van der Waals surface area contributed by atoms with Gasteiger partial charge in [-0.05, 0) is 25.0 Å². The fraction of sp³-hybridized carbons (Fsp3) is 0.450. The van der Waals surface area contributed by atoms with Crippen molar-refractivity contribution in [2.75, 3.05) is 26.2 Å². The number of benzene rings is 1. The van der Waals surface area contributed by atoms with Crippen LogP contribution in [0.2, 0.25) is 0 Å². The molecule has 0 unspecified atom stereocenters. The fourth-order valence-electron chi connectivity index (χ4n) is 3.49. The highest BCUT2D eigenvalue weighted by Crippen LogP contribution is 2.22. The van der Waals surface area contributed by atoms with Crippen molar-refractivity contribution in [2.24, 2.45) is 0 Å². The van der Waals surface area contributed by atoms with E-state index in [9.17, 15) is 9.59 Å². The number of piperazine rings is 1. The van der Waals surface area contributed by atoms with Gasteiger partial charge in [-0.3, -0.25) is 9.59 Å². The Balaban J connectivity index is 1.93. The highest BCUT2D eigenvalue weighted by molar-refractivity contribution is 5.97. The third-order valence-electron chi connectivity index (χ3n) is 4.95. The maximum absolute atomic E-state index is 13.2. The topological polar surface area (TPSA) is 58.4 Å². The Hall–Kier alpha value is -2.63. The molecule has 3 rings (SSSR count). The van der Waals surface area contributed by atoms with Crippen LogP contribution in [0.3, 0.4) is 0 Å². The Morgan fingerprint density at radius 3 is 2.12 bits per heavy atom. The molecule has 0 bridgehead atoms. The summed E-state index contributed by atoms with van der Waals surface area (Å²) in [5.41, 5.74) is 3.49. The normalized spacial score (nSPS) is 14.6. The molecule has 6 nitrogen and oxygen atoms in total. The maximum Gasteiger partial charge on any atom is 0.257 e. The molecular formula is C20H26N4O2. The Morgan fingerprint density at radius 1 is 0.962 bits per heavy atom.